The minimum Gasteiger partial charge on any atom is -0.346 e. The average Bonchev–Trinajstić information content (AvgIpc) is 2.54. The van der Waals surface area contributed by atoms with Crippen molar-refractivity contribution < 1.29 is 14.0 Å². The highest BCUT2D eigenvalue weighted by Crippen LogP contribution is 2.16. The van der Waals surface area contributed by atoms with Crippen molar-refractivity contribution >= 4 is 29.3 Å². The maximum absolute atomic E-state index is 12.7. The van der Waals surface area contributed by atoms with Crippen LogP contribution in [0.2, 0.25) is 0 Å². The van der Waals surface area contributed by atoms with Crippen LogP contribution in [-0.4, -0.2) is 24.1 Å². The number of carbonyl (C=O) groups is 2. The summed E-state index contributed by atoms with van der Waals surface area (Å²) in [6, 6.07) is 15.0. The Balaban J connectivity index is 1.69. The van der Waals surface area contributed by atoms with Gasteiger partial charge in [-0.15, -0.1) is 11.8 Å². The highest BCUT2D eigenvalue weighted by molar-refractivity contribution is 8.00. The second-order valence-corrected chi connectivity index (χ2v) is 5.48. The van der Waals surface area contributed by atoms with E-state index in [-0.39, 0.29) is 29.9 Å². The van der Waals surface area contributed by atoms with Crippen molar-refractivity contribution in [3.05, 3.63) is 60.4 Å². The molecule has 0 bridgehead atoms. The molecule has 114 valence electrons. The first kappa shape index (κ1) is 16.0. The van der Waals surface area contributed by atoms with Crippen molar-refractivity contribution in [2.45, 2.75) is 4.90 Å². The molecule has 2 aromatic carbocycles. The largest absolute Gasteiger partial charge is 0.346 e. The molecule has 0 radical (unpaired) electrons. The molecular formula is C16H15FN2O2S. The SMILES string of the molecule is O=C(CSc1ccccc1)NCC(=O)Nc1ccc(F)cc1. The minimum atomic E-state index is -0.371. The van der Waals surface area contributed by atoms with Crippen molar-refractivity contribution in [3.8, 4) is 0 Å². The van der Waals surface area contributed by atoms with Gasteiger partial charge in [0, 0.05) is 10.6 Å². The molecule has 22 heavy (non-hydrogen) atoms. The molecule has 4 nitrogen and oxygen atoms in total. The summed E-state index contributed by atoms with van der Waals surface area (Å²) >= 11 is 1.40. The van der Waals surface area contributed by atoms with Gasteiger partial charge in [-0.2, -0.15) is 0 Å². The summed E-state index contributed by atoms with van der Waals surface area (Å²) in [4.78, 5) is 24.3. The molecule has 0 aliphatic carbocycles. The van der Waals surface area contributed by atoms with E-state index < -0.39 is 0 Å². The third-order valence-electron chi connectivity index (χ3n) is 2.69. The molecule has 2 N–H and O–H groups in total. The Morgan fingerprint density at radius 3 is 2.32 bits per heavy atom. The monoisotopic (exact) mass is 318 g/mol. The number of nitrogens with one attached hydrogen (secondary N) is 2. The molecule has 2 amide bonds. The number of halogens is 1. The van der Waals surface area contributed by atoms with Gasteiger partial charge in [-0.1, -0.05) is 18.2 Å². The Labute approximate surface area is 132 Å². The predicted molar refractivity (Wildman–Crippen MR) is 85.2 cm³/mol. The number of hydrogen-bond acceptors (Lipinski definition) is 3. The lowest BCUT2D eigenvalue weighted by Crippen LogP contribution is -2.33. The molecule has 0 aliphatic heterocycles. The lowest BCUT2D eigenvalue weighted by Gasteiger charge is -2.07. The van der Waals surface area contributed by atoms with Gasteiger partial charge < -0.3 is 10.6 Å². The Morgan fingerprint density at radius 2 is 1.64 bits per heavy atom. The highest BCUT2D eigenvalue weighted by Gasteiger charge is 2.06. The first-order valence-corrected chi connectivity index (χ1v) is 7.62. The quantitative estimate of drug-likeness (QED) is 0.805. The van der Waals surface area contributed by atoms with Crippen molar-refractivity contribution in [1.82, 2.24) is 5.32 Å². The topological polar surface area (TPSA) is 58.2 Å². The molecule has 0 spiro atoms. The second-order valence-electron chi connectivity index (χ2n) is 4.43. The van der Waals surface area contributed by atoms with Gasteiger partial charge in [0.1, 0.15) is 5.82 Å². The van der Waals surface area contributed by atoms with E-state index in [0.717, 1.165) is 4.90 Å². The molecule has 0 atom stereocenters. The molecular weight excluding hydrogens is 303 g/mol. The van der Waals surface area contributed by atoms with Crippen LogP contribution in [0, 0.1) is 5.82 Å². The van der Waals surface area contributed by atoms with E-state index in [0.29, 0.717) is 5.69 Å². The molecule has 0 saturated heterocycles. The summed E-state index contributed by atoms with van der Waals surface area (Å²) < 4.78 is 12.7. The van der Waals surface area contributed by atoms with E-state index in [2.05, 4.69) is 10.6 Å². The summed E-state index contributed by atoms with van der Waals surface area (Å²) in [6.07, 6.45) is 0. The molecule has 6 heteroatoms. The van der Waals surface area contributed by atoms with Gasteiger partial charge in [-0.25, -0.2) is 4.39 Å². The standard InChI is InChI=1S/C16H15FN2O2S/c17-12-6-8-13(9-7-12)19-15(20)10-18-16(21)11-22-14-4-2-1-3-5-14/h1-9H,10-11H2,(H,18,21)(H,19,20). The number of hydrogen-bond donors (Lipinski definition) is 2. The minimum absolute atomic E-state index is 0.119. The summed E-state index contributed by atoms with van der Waals surface area (Å²) in [5.74, 6) is -0.703. The zero-order valence-corrected chi connectivity index (χ0v) is 12.5. The highest BCUT2D eigenvalue weighted by atomic mass is 32.2. The zero-order chi connectivity index (χ0) is 15.8. The third kappa shape index (κ3) is 5.57. The molecule has 0 fully saturated rings. The van der Waals surface area contributed by atoms with Gasteiger partial charge >= 0.3 is 0 Å². The van der Waals surface area contributed by atoms with E-state index >= 15 is 0 Å². The summed E-state index contributed by atoms with van der Waals surface area (Å²) in [5, 5.41) is 5.11. The van der Waals surface area contributed by atoms with Crippen molar-refractivity contribution in [3.63, 3.8) is 0 Å². The van der Waals surface area contributed by atoms with Gasteiger partial charge in [0.25, 0.3) is 0 Å². The lowest BCUT2D eigenvalue weighted by molar-refractivity contribution is -0.122. The Bertz CT molecular complexity index is 632. The summed E-state index contributed by atoms with van der Waals surface area (Å²) in [5.41, 5.74) is 0.485. The third-order valence-corrected chi connectivity index (χ3v) is 3.70. The molecule has 0 heterocycles. The molecule has 0 saturated carbocycles. The maximum Gasteiger partial charge on any atom is 0.243 e. The first-order chi connectivity index (χ1) is 10.6. The van der Waals surface area contributed by atoms with Gasteiger partial charge in [0.15, 0.2) is 0 Å². The van der Waals surface area contributed by atoms with Gasteiger partial charge in [-0.3, -0.25) is 9.59 Å². The summed E-state index contributed by atoms with van der Waals surface area (Å²) in [7, 11) is 0. The van der Waals surface area contributed by atoms with Gasteiger partial charge in [0.2, 0.25) is 11.8 Å². The van der Waals surface area contributed by atoms with Crippen LogP contribution in [0.25, 0.3) is 0 Å². The normalized spacial score (nSPS) is 10.0. The maximum atomic E-state index is 12.7. The van der Waals surface area contributed by atoms with E-state index in [1.165, 1.54) is 36.0 Å². The number of anilines is 1. The number of thioether (sulfide) groups is 1. The molecule has 0 aromatic heterocycles. The van der Waals surface area contributed by atoms with Crippen LogP contribution in [0.15, 0.2) is 59.5 Å². The number of rotatable bonds is 6. The van der Waals surface area contributed by atoms with Crippen LogP contribution < -0.4 is 10.6 Å². The first-order valence-electron chi connectivity index (χ1n) is 6.63. The van der Waals surface area contributed by atoms with Gasteiger partial charge in [0.05, 0.1) is 12.3 Å². The van der Waals surface area contributed by atoms with Crippen molar-refractivity contribution in [1.29, 1.82) is 0 Å². The van der Waals surface area contributed by atoms with Crippen LogP contribution in [0.5, 0.6) is 0 Å². The van der Waals surface area contributed by atoms with Gasteiger partial charge in [-0.05, 0) is 36.4 Å². The Kier molecular flexibility index (Phi) is 5.97. The average molecular weight is 318 g/mol. The number of amides is 2. The molecule has 0 aliphatic rings. The fraction of sp³-hybridized carbons (Fsp3) is 0.125. The van der Waals surface area contributed by atoms with E-state index in [9.17, 15) is 14.0 Å². The van der Waals surface area contributed by atoms with Crippen LogP contribution in [0.4, 0.5) is 10.1 Å². The second kappa shape index (κ2) is 8.19. The molecule has 2 rings (SSSR count). The van der Waals surface area contributed by atoms with E-state index in [4.69, 9.17) is 0 Å². The Morgan fingerprint density at radius 1 is 0.955 bits per heavy atom. The molecule has 0 unspecified atom stereocenters. The van der Waals surface area contributed by atoms with Crippen molar-refractivity contribution in [2.75, 3.05) is 17.6 Å². The van der Waals surface area contributed by atoms with Crippen LogP contribution in [0.1, 0.15) is 0 Å². The fourth-order valence-electron chi connectivity index (χ4n) is 1.63. The molecule has 2 aromatic rings. The van der Waals surface area contributed by atoms with Crippen LogP contribution in [0.3, 0.4) is 0 Å². The van der Waals surface area contributed by atoms with E-state index in [1.54, 1.807) is 0 Å². The Hall–Kier alpha value is -2.34. The summed E-state index contributed by atoms with van der Waals surface area (Å²) in [6.45, 7) is -0.119. The smallest absolute Gasteiger partial charge is 0.243 e. The number of carbonyl (C=O) groups excluding carboxylic acids is 2. The number of benzene rings is 2. The van der Waals surface area contributed by atoms with Crippen molar-refractivity contribution in [2.24, 2.45) is 0 Å². The van der Waals surface area contributed by atoms with Crippen LogP contribution >= 0.6 is 11.8 Å². The van der Waals surface area contributed by atoms with Crippen LogP contribution in [-0.2, 0) is 9.59 Å². The fourth-order valence-corrected chi connectivity index (χ4v) is 2.38. The predicted octanol–water partition coefficient (Wildman–Crippen LogP) is 2.67. The lowest BCUT2D eigenvalue weighted by atomic mass is 10.3. The van der Waals surface area contributed by atoms with E-state index in [1.807, 2.05) is 30.3 Å². The zero-order valence-electron chi connectivity index (χ0n) is 11.7.